The summed E-state index contributed by atoms with van der Waals surface area (Å²) < 4.78 is 24.7. The number of sulfone groups is 1. The van der Waals surface area contributed by atoms with Crippen LogP contribution < -0.4 is 5.32 Å². The number of nitrogens with one attached hydrogen (secondary N) is 1. The minimum Gasteiger partial charge on any atom is -0.378 e. The van der Waals surface area contributed by atoms with Crippen LogP contribution in [0.3, 0.4) is 0 Å². The second-order valence-electron chi connectivity index (χ2n) is 6.73. The molecule has 100 valence electrons. The van der Waals surface area contributed by atoms with Crippen molar-refractivity contribution in [2.45, 2.75) is 50.5 Å². The molecule has 1 heterocycles. The number of benzene rings is 1. The van der Waals surface area contributed by atoms with Crippen LogP contribution in [0.25, 0.3) is 0 Å². The van der Waals surface area contributed by atoms with E-state index in [2.05, 4.69) is 26.1 Å². The van der Waals surface area contributed by atoms with Gasteiger partial charge in [0, 0.05) is 5.54 Å². The van der Waals surface area contributed by atoms with E-state index in [1.807, 2.05) is 32.0 Å². The van der Waals surface area contributed by atoms with Crippen LogP contribution in [-0.2, 0) is 15.3 Å². The summed E-state index contributed by atoms with van der Waals surface area (Å²) in [4.78, 5) is 0.439. The molecule has 0 aliphatic carbocycles. The number of hydrogen-bond acceptors (Lipinski definition) is 3. The highest BCUT2D eigenvalue weighted by atomic mass is 32.2. The van der Waals surface area contributed by atoms with Gasteiger partial charge >= 0.3 is 0 Å². The van der Waals surface area contributed by atoms with Crippen LogP contribution in [0.15, 0.2) is 23.1 Å². The van der Waals surface area contributed by atoms with Gasteiger partial charge < -0.3 is 5.32 Å². The van der Waals surface area contributed by atoms with Gasteiger partial charge in [-0.05, 0) is 37.0 Å². The zero-order chi connectivity index (χ0) is 13.8. The highest BCUT2D eigenvalue weighted by Crippen LogP contribution is 2.35. The fraction of sp³-hybridized carbons (Fsp3) is 0.571. The molecule has 0 fully saturated rings. The van der Waals surface area contributed by atoms with Crippen LogP contribution >= 0.6 is 0 Å². The van der Waals surface area contributed by atoms with E-state index >= 15 is 0 Å². The van der Waals surface area contributed by atoms with Gasteiger partial charge in [-0.15, -0.1) is 0 Å². The molecule has 18 heavy (non-hydrogen) atoms. The molecule has 0 saturated heterocycles. The molecule has 0 radical (unpaired) electrons. The maximum absolute atomic E-state index is 12.3. The zero-order valence-corrected chi connectivity index (χ0v) is 12.5. The second-order valence-corrected chi connectivity index (χ2v) is 8.69. The topological polar surface area (TPSA) is 46.2 Å². The summed E-state index contributed by atoms with van der Waals surface area (Å²) in [7, 11) is -3.19. The first-order valence-corrected chi connectivity index (χ1v) is 7.82. The van der Waals surface area contributed by atoms with Gasteiger partial charge in [-0.3, -0.25) is 0 Å². The van der Waals surface area contributed by atoms with Gasteiger partial charge in [0.2, 0.25) is 0 Å². The number of hydrogen-bond donors (Lipinski definition) is 1. The van der Waals surface area contributed by atoms with Crippen LogP contribution in [0.2, 0.25) is 0 Å². The molecule has 0 aromatic heterocycles. The molecule has 1 aliphatic rings. The van der Waals surface area contributed by atoms with Gasteiger partial charge in [-0.25, -0.2) is 8.42 Å². The zero-order valence-electron chi connectivity index (χ0n) is 11.7. The van der Waals surface area contributed by atoms with Crippen molar-refractivity contribution < 1.29 is 8.42 Å². The Bertz CT molecular complexity index is 580. The van der Waals surface area contributed by atoms with Gasteiger partial charge in [0.1, 0.15) is 0 Å². The molecule has 0 atom stereocenters. The fourth-order valence-electron chi connectivity index (χ4n) is 2.30. The van der Waals surface area contributed by atoms with Crippen LogP contribution in [0.4, 0.5) is 5.69 Å². The summed E-state index contributed by atoms with van der Waals surface area (Å²) in [6, 6.07) is 5.70. The molecular formula is C14H21NO2S. The second kappa shape index (κ2) is 3.73. The highest BCUT2D eigenvalue weighted by molar-refractivity contribution is 7.91. The van der Waals surface area contributed by atoms with Crippen LogP contribution in [0, 0.1) is 0 Å². The Morgan fingerprint density at radius 1 is 1.22 bits per heavy atom. The summed E-state index contributed by atoms with van der Waals surface area (Å²) >= 11 is 0. The van der Waals surface area contributed by atoms with Crippen molar-refractivity contribution in [2.75, 3.05) is 11.1 Å². The molecule has 1 aromatic carbocycles. The smallest absolute Gasteiger partial charge is 0.182 e. The average Bonchev–Trinajstić information content (AvgIpc) is 2.12. The molecule has 0 unspecified atom stereocenters. The van der Waals surface area contributed by atoms with E-state index in [1.54, 1.807) is 0 Å². The molecule has 1 aromatic rings. The van der Waals surface area contributed by atoms with E-state index in [-0.39, 0.29) is 11.2 Å². The highest BCUT2D eigenvalue weighted by Gasteiger charge is 2.35. The Morgan fingerprint density at radius 2 is 1.83 bits per heavy atom. The Balaban J connectivity index is 2.62. The Kier molecular flexibility index (Phi) is 2.78. The fourth-order valence-corrected chi connectivity index (χ4v) is 4.24. The van der Waals surface area contributed by atoms with Crippen molar-refractivity contribution in [3.63, 3.8) is 0 Å². The molecule has 2 rings (SSSR count). The van der Waals surface area contributed by atoms with Crippen LogP contribution in [0.1, 0.15) is 40.2 Å². The van der Waals surface area contributed by atoms with Crippen molar-refractivity contribution in [1.82, 2.24) is 0 Å². The standard InChI is InChI=1S/C14H21NO2S/c1-13(2,3)10-6-7-11-12(8-10)18(16,17)9-14(4,5)15-11/h6-8,15H,9H2,1-5H3. The summed E-state index contributed by atoms with van der Waals surface area (Å²) in [6.07, 6.45) is 0. The maximum atomic E-state index is 12.3. The Hall–Kier alpha value is -1.03. The number of anilines is 1. The quantitative estimate of drug-likeness (QED) is 0.786. The van der Waals surface area contributed by atoms with Crippen molar-refractivity contribution >= 4 is 15.5 Å². The first-order valence-electron chi connectivity index (χ1n) is 6.17. The summed E-state index contributed by atoms with van der Waals surface area (Å²) in [6.45, 7) is 10.1. The molecular weight excluding hydrogens is 246 g/mol. The van der Waals surface area contributed by atoms with Gasteiger partial charge in [0.25, 0.3) is 0 Å². The summed E-state index contributed by atoms with van der Waals surface area (Å²) in [5.74, 6) is 0.139. The molecule has 1 N–H and O–H groups in total. The van der Waals surface area contributed by atoms with Gasteiger partial charge in [0.05, 0.1) is 16.3 Å². The van der Waals surface area contributed by atoms with Crippen molar-refractivity contribution in [1.29, 1.82) is 0 Å². The Labute approximate surface area is 110 Å². The van der Waals surface area contributed by atoms with E-state index in [1.165, 1.54) is 0 Å². The monoisotopic (exact) mass is 267 g/mol. The summed E-state index contributed by atoms with van der Waals surface area (Å²) in [5.41, 5.74) is 1.32. The maximum Gasteiger partial charge on any atom is 0.182 e. The number of fused-ring (bicyclic) bond motifs is 1. The molecule has 3 nitrogen and oxygen atoms in total. The Morgan fingerprint density at radius 3 is 2.39 bits per heavy atom. The normalized spacial score (nSPS) is 20.9. The minimum absolute atomic E-state index is 0.0441. The first-order chi connectivity index (χ1) is 8.01. The lowest BCUT2D eigenvalue weighted by Crippen LogP contribution is -2.43. The predicted molar refractivity (Wildman–Crippen MR) is 74.9 cm³/mol. The number of rotatable bonds is 0. The van der Waals surface area contributed by atoms with Gasteiger partial charge in [-0.1, -0.05) is 26.8 Å². The SMILES string of the molecule is CC1(C)CS(=O)(=O)c2cc(C(C)(C)C)ccc2N1. The molecule has 0 spiro atoms. The van der Waals surface area contributed by atoms with Crippen molar-refractivity contribution in [3.8, 4) is 0 Å². The third-order valence-electron chi connectivity index (χ3n) is 3.21. The largest absolute Gasteiger partial charge is 0.378 e. The first kappa shape index (κ1) is 13.4. The van der Waals surface area contributed by atoms with Crippen LogP contribution in [0.5, 0.6) is 0 Å². The lowest BCUT2D eigenvalue weighted by atomic mass is 9.87. The van der Waals surface area contributed by atoms with Crippen molar-refractivity contribution in [3.05, 3.63) is 23.8 Å². The van der Waals surface area contributed by atoms with E-state index in [4.69, 9.17) is 0 Å². The molecule has 0 saturated carbocycles. The van der Waals surface area contributed by atoms with Crippen molar-refractivity contribution in [2.24, 2.45) is 0 Å². The van der Waals surface area contributed by atoms with Gasteiger partial charge in [-0.2, -0.15) is 0 Å². The van der Waals surface area contributed by atoms with E-state index < -0.39 is 15.4 Å². The summed E-state index contributed by atoms with van der Waals surface area (Å²) in [5, 5.41) is 3.29. The third kappa shape index (κ3) is 2.39. The molecule has 4 heteroatoms. The lowest BCUT2D eigenvalue weighted by molar-refractivity contribution is 0.553. The van der Waals surface area contributed by atoms with E-state index in [0.29, 0.717) is 4.90 Å². The average molecular weight is 267 g/mol. The molecule has 0 amide bonds. The lowest BCUT2D eigenvalue weighted by Gasteiger charge is -2.34. The third-order valence-corrected chi connectivity index (χ3v) is 5.32. The van der Waals surface area contributed by atoms with E-state index in [9.17, 15) is 8.42 Å². The van der Waals surface area contributed by atoms with Crippen LogP contribution in [-0.4, -0.2) is 19.7 Å². The van der Waals surface area contributed by atoms with Gasteiger partial charge in [0.15, 0.2) is 9.84 Å². The minimum atomic E-state index is -3.19. The van der Waals surface area contributed by atoms with E-state index in [0.717, 1.165) is 11.3 Å². The molecule has 0 bridgehead atoms. The molecule has 1 aliphatic heterocycles. The predicted octanol–water partition coefficient (Wildman–Crippen LogP) is 2.96.